The van der Waals surface area contributed by atoms with E-state index in [4.69, 9.17) is 0 Å². The molecule has 0 spiro atoms. The summed E-state index contributed by atoms with van der Waals surface area (Å²) in [6.45, 7) is -3.17. The summed E-state index contributed by atoms with van der Waals surface area (Å²) in [5, 5.41) is 63.2. The number of aliphatic carboxylic acids is 6. The predicted octanol–water partition coefficient (Wildman–Crippen LogP) is -1.42. The molecule has 6 N–H and O–H groups in total. The normalized spacial score (nSPS) is 18.9. The van der Waals surface area contributed by atoms with Crippen molar-refractivity contribution in [3.05, 3.63) is 29.8 Å². The zero-order valence-electron chi connectivity index (χ0n) is 27.4. The van der Waals surface area contributed by atoms with Crippen LogP contribution < -0.4 is 0 Å². The van der Waals surface area contributed by atoms with E-state index in [2.05, 4.69) is 22.4 Å². The molecule has 0 amide bonds. The van der Waals surface area contributed by atoms with Crippen molar-refractivity contribution < 1.29 is 59.4 Å². The number of hydrogen-bond donors (Lipinski definition) is 6. The van der Waals surface area contributed by atoms with Crippen LogP contribution in [0.3, 0.4) is 0 Å². The number of benzene rings is 1. The van der Waals surface area contributed by atoms with Crippen molar-refractivity contribution in [3.8, 4) is 0 Å². The molecule has 0 bridgehead atoms. The second-order valence-electron chi connectivity index (χ2n) is 11.6. The summed E-state index contributed by atoms with van der Waals surface area (Å²) in [5.74, 6) is -7.36. The second kappa shape index (κ2) is 21.6. The molecule has 2 rings (SSSR count). The van der Waals surface area contributed by atoms with Gasteiger partial charge >= 0.3 is 35.8 Å². The Morgan fingerprint density at radius 2 is 0.960 bits per heavy atom. The Labute approximate surface area is 293 Å². The highest BCUT2D eigenvalue weighted by atomic mass is 32.1. The van der Waals surface area contributed by atoms with Gasteiger partial charge in [0, 0.05) is 64.9 Å². The third-order valence-electron chi connectivity index (χ3n) is 7.76. The molecule has 0 saturated carbocycles. The highest BCUT2D eigenvalue weighted by molar-refractivity contribution is 7.78. The summed E-state index contributed by atoms with van der Waals surface area (Å²) < 4.78 is 0. The first-order chi connectivity index (χ1) is 23.6. The standard InChI is InChI=1S/C30H43N7O12S/c38-25(39)15-32-5-6-33(16-26(40)41)9-10-35(18-28(44)45)14-24(13-22-1-3-23(4-2-22)31-21-50)37(20-30(48)49)36(19-29(46)47)12-11-34(8-7-32)17-27(42)43/h1-4,24H,5-20H2,(H,38,39)(H,40,41)(H,42,43)(H,44,45)(H,46,47)(H,48,49). The smallest absolute Gasteiger partial charge is 0.319 e. The van der Waals surface area contributed by atoms with E-state index in [1.165, 1.54) is 29.6 Å². The van der Waals surface area contributed by atoms with Crippen molar-refractivity contribution in [2.24, 2.45) is 4.99 Å². The quantitative estimate of drug-likeness (QED) is 0.0896. The largest absolute Gasteiger partial charge is 0.480 e. The first-order valence-corrected chi connectivity index (χ1v) is 15.9. The van der Waals surface area contributed by atoms with Crippen LogP contribution in [-0.2, 0) is 35.2 Å². The first kappa shape index (κ1) is 41.8. The number of isothiocyanates is 1. The molecule has 1 atom stereocenters. The van der Waals surface area contributed by atoms with Gasteiger partial charge in [-0.05, 0) is 36.3 Å². The summed E-state index contributed by atoms with van der Waals surface area (Å²) in [5.41, 5.74) is 1.18. The molecule has 1 aromatic rings. The molecule has 1 aromatic carbocycles. The van der Waals surface area contributed by atoms with E-state index in [0.29, 0.717) is 11.3 Å². The molecule has 19 nitrogen and oxygen atoms in total. The minimum atomic E-state index is -1.31. The molecule has 0 radical (unpaired) electrons. The van der Waals surface area contributed by atoms with Crippen LogP contribution in [0.2, 0.25) is 0 Å². The third-order valence-corrected chi connectivity index (χ3v) is 7.85. The Morgan fingerprint density at radius 1 is 0.580 bits per heavy atom. The van der Waals surface area contributed by atoms with E-state index in [-0.39, 0.29) is 65.3 Å². The molecule has 20 heteroatoms. The average molecular weight is 726 g/mol. The SMILES string of the molecule is O=C(O)CN1CCN(CC(=O)O)CCN(CC(=O)O)CC(Cc2ccc(N=C=S)cc2)N(CC(=O)O)N(CC(=O)O)CCN(CC(=O)O)CC1. The second-order valence-corrected chi connectivity index (χ2v) is 11.8. The average Bonchev–Trinajstić information content (AvgIpc) is 3.00. The van der Waals surface area contributed by atoms with Crippen LogP contribution in [-0.4, -0.2) is 205 Å². The molecule has 276 valence electrons. The summed E-state index contributed by atoms with van der Waals surface area (Å²) in [7, 11) is 0. The molecule has 50 heavy (non-hydrogen) atoms. The molecular formula is C30H43N7O12S. The van der Waals surface area contributed by atoms with Crippen LogP contribution >= 0.6 is 12.2 Å². The van der Waals surface area contributed by atoms with Gasteiger partial charge in [0.15, 0.2) is 0 Å². The highest BCUT2D eigenvalue weighted by Crippen LogP contribution is 2.18. The van der Waals surface area contributed by atoms with Gasteiger partial charge in [0.05, 0.1) is 37.0 Å². The number of hydrogen-bond acceptors (Lipinski definition) is 14. The highest BCUT2D eigenvalue weighted by Gasteiger charge is 2.31. The van der Waals surface area contributed by atoms with Gasteiger partial charge in [-0.15, -0.1) is 0 Å². The maximum Gasteiger partial charge on any atom is 0.319 e. The molecule has 1 unspecified atom stereocenters. The topological polar surface area (TPSA) is 256 Å². The number of aliphatic imine (C=N–C) groups is 1. The lowest BCUT2D eigenvalue weighted by Crippen LogP contribution is -2.59. The van der Waals surface area contributed by atoms with Gasteiger partial charge in [-0.25, -0.2) is 10.0 Å². The van der Waals surface area contributed by atoms with E-state index in [0.717, 1.165) is 0 Å². The molecule has 0 aromatic heterocycles. The van der Waals surface area contributed by atoms with E-state index in [1.54, 1.807) is 24.3 Å². The molecule has 1 heterocycles. The van der Waals surface area contributed by atoms with E-state index in [1.807, 2.05) is 0 Å². The number of carboxylic acid groups (broad SMARTS) is 6. The minimum Gasteiger partial charge on any atom is -0.480 e. The first-order valence-electron chi connectivity index (χ1n) is 15.5. The molecule has 1 fully saturated rings. The van der Waals surface area contributed by atoms with Crippen LogP contribution in [0.1, 0.15) is 5.56 Å². The van der Waals surface area contributed by atoms with Crippen molar-refractivity contribution in [1.82, 2.24) is 29.6 Å². The molecule has 1 aliphatic rings. The monoisotopic (exact) mass is 725 g/mol. The fourth-order valence-electron chi connectivity index (χ4n) is 5.56. The molecule has 1 aliphatic heterocycles. The molecular weight excluding hydrogens is 682 g/mol. The Bertz CT molecular complexity index is 1380. The number of nitrogens with zero attached hydrogens (tertiary/aromatic N) is 7. The van der Waals surface area contributed by atoms with Gasteiger partial charge in [-0.3, -0.25) is 48.4 Å². The maximum absolute atomic E-state index is 12.3. The van der Waals surface area contributed by atoms with Crippen molar-refractivity contribution in [3.63, 3.8) is 0 Å². The zero-order valence-corrected chi connectivity index (χ0v) is 28.2. The lowest BCUT2D eigenvalue weighted by molar-refractivity contribution is -0.158. The Morgan fingerprint density at radius 3 is 1.36 bits per heavy atom. The summed E-state index contributed by atoms with van der Waals surface area (Å²) >= 11 is 4.66. The van der Waals surface area contributed by atoms with E-state index < -0.39 is 81.1 Å². The zero-order chi connectivity index (χ0) is 37.2. The van der Waals surface area contributed by atoms with Crippen molar-refractivity contribution in [1.29, 1.82) is 0 Å². The summed E-state index contributed by atoms with van der Waals surface area (Å²) in [6, 6.07) is 5.87. The Balaban J connectivity index is 2.68. The van der Waals surface area contributed by atoms with Crippen molar-refractivity contribution in [2.45, 2.75) is 12.5 Å². The van der Waals surface area contributed by atoms with Gasteiger partial charge < -0.3 is 30.6 Å². The van der Waals surface area contributed by atoms with E-state index >= 15 is 0 Å². The van der Waals surface area contributed by atoms with Crippen molar-refractivity contribution in [2.75, 3.05) is 98.2 Å². The Hall–Kier alpha value is -4.40. The number of thiocarbonyl (C=S) groups is 1. The van der Waals surface area contributed by atoms with Gasteiger partial charge in [0.2, 0.25) is 0 Å². The fraction of sp³-hybridized carbons (Fsp3) is 0.567. The maximum atomic E-state index is 12.3. The van der Waals surface area contributed by atoms with Gasteiger partial charge in [0.1, 0.15) is 13.1 Å². The van der Waals surface area contributed by atoms with Crippen molar-refractivity contribution >= 4 is 58.9 Å². The van der Waals surface area contributed by atoms with Gasteiger partial charge in [0.25, 0.3) is 0 Å². The lowest BCUT2D eigenvalue weighted by Gasteiger charge is -2.42. The third kappa shape index (κ3) is 16.8. The number of hydrazine groups is 1. The van der Waals surface area contributed by atoms with Gasteiger partial charge in [-0.2, -0.15) is 4.99 Å². The predicted molar refractivity (Wildman–Crippen MR) is 178 cm³/mol. The van der Waals surface area contributed by atoms with Crippen LogP contribution in [0.5, 0.6) is 0 Å². The fourth-order valence-corrected chi connectivity index (χ4v) is 5.67. The number of rotatable bonds is 15. The lowest BCUT2D eigenvalue weighted by atomic mass is 10.0. The Kier molecular flexibility index (Phi) is 18.1. The van der Waals surface area contributed by atoms with Crippen LogP contribution in [0, 0.1) is 0 Å². The molecule has 0 aliphatic carbocycles. The summed E-state index contributed by atoms with van der Waals surface area (Å²) in [4.78, 5) is 81.4. The van der Waals surface area contributed by atoms with Crippen LogP contribution in [0.15, 0.2) is 29.3 Å². The minimum absolute atomic E-state index is 0.0174. The number of carboxylic acids is 6. The van der Waals surface area contributed by atoms with Crippen LogP contribution in [0.25, 0.3) is 0 Å². The summed E-state index contributed by atoms with van der Waals surface area (Å²) in [6.07, 6.45) is 0.114. The number of carbonyl (C=O) groups is 6. The molecule has 1 saturated heterocycles. The van der Waals surface area contributed by atoms with Gasteiger partial charge in [-0.1, -0.05) is 12.1 Å². The van der Waals surface area contributed by atoms with Crippen LogP contribution in [0.4, 0.5) is 5.69 Å². The van der Waals surface area contributed by atoms with E-state index in [9.17, 15) is 59.4 Å².